The summed E-state index contributed by atoms with van der Waals surface area (Å²) in [7, 11) is 0. The summed E-state index contributed by atoms with van der Waals surface area (Å²) in [6.45, 7) is 0.504. The van der Waals surface area contributed by atoms with Crippen molar-refractivity contribution in [2.45, 2.75) is 31.0 Å². The first-order valence-corrected chi connectivity index (χ1v) is 9.10. The molecular formula is C21H21NO5. The van der Waals surface area contributed by atoms with E-state index in [1.807, 2.05) is 24.3 Å². The number of rotatable bonds is 5. The molecule has 140 valence electrons. The molecule has 2 aliphatic rings. The molecule has 1 fully saturated rings. The lowest BCUT2D eigenvalue weighted by Gasteiger charge is -2.16. The van der Waals surface area contributed by atoms with Gasteiger partial charge in [0.15, 0.2) is 6.10 Å². The quantitative estimate of drug-likeness (QED) is 0.848. The van der Waals surface area contributed by atoms with Crippen molar-refractivity contribution in [3.63, 3.8) is 0 Å². The maximum absolute atomic E-state index is 12.1. The standard InChI is InChI=1S/C21H21NO5/c23-20(24)19-10-9-13(27-19)11-22-21(25)26-12-18-16-7-3-1-5-14(16)15-6-2-4-8-17(15)18/h1-8,13,18-19H,9-12H2,(H,22,25)(H,23,24)/t13-,19+/m0/s1. The molecule has 1 saturated heterocycles. The van der Waals surface area contributed by atoms with Gasteiger partial charge in [-0.05, 0) is 35.1 Å². The number of amides is 1. The normalized spacial score (nSPS) is 20.7. The van der Waals surface area contributed by atoms with Crippen molar-refractivity contribution in [3.8, 4) is 11.1 Å². The molecule has 27 heavy (non-hydrogen) atoms. The zero-order valence-electron chi connectivity index (χ0n) is 14.8. The molecular weight excluding hydrogens is 346 g/mol. The summed E-state index contributed by atoms with van der Waals surface area (Å²) in [4.78, 5) is 23.0. The number of fused-ring (bicyclic) bond motifs is 3. The van der Waals surface area contributed by atoms with Crippen LogP contribution in [-0.4, -0.2) is 42.5 Å². The predicted molar refractivity (Wildman–Crippen MR) is 98.6 cm³/mol. The number of carboxylic acids is 1. The van der Waals surface area contributed by atoms with Gasteiger partial charge < -0.3 is 19.9 Å². The molecule has 0 aromatic heterocycles. The van der Waals surface area contributed by atoms with Crippen LogP contribution in [0.4, 0.5) is 4.79 Å². The largest absolute Gasteiger partial charge is 0.479 e. The smallest absolute Gasteiger partial charge is 0.407 e. The van der Waals surface area contributed by atoms with Crippen LogP contribution in [0.1, 0.15) is 29.9 Å². The van der Waals surface area contributed by atoms with Crippen molar-refractivity contribution < 1.29 is 24.2 Å². The Bertz CT molecular complexity index is 820. The third-order valence-corrected chi connectivity index (χ3v) is 5.20. The Balaban J connectivity index is 1.34. The minimum Gasteiger partial charge on any atom is -0.479 e. The molecule has 2 atom stereocenters. The minimum absolute atomic E-state index is 0.0160. The lowest BCUT2D eigenvalue weighted by Crippen LogP contribution is -2.34. The molecule has 2 N–H and O–H groups in total. The summed E-state index contributed by atoms with van der Waals surface area (Å²) < 4.78 is 10.8. The summed E-state index contributed by atoms with van der Waals surface area (Å²) in [5, 5.41) is 11.6. The number of hydrogen-bond donors (Lipinski definition) is 2. The Kier molecular flexibility index (Phi) is 4.81. The molecule has 1 heterocycles. The highest BCUT2D eigenvalue weighted by Crippen LogP contribution is 2.44. The van der Waals surface area contributed by atoms with Crippen LogP contribution in [0, 0.1) is 0 Å². The van der Waals surface area contributed by atoms with E-state index in [0.29, 0.717) is 12.8 Å². The third-order valence-electron chi connectivity index (χ3n) is 5.20. The lowest BCUT2D eigenvalue weighted by molar-refractivity contribution is -0.149. The van der Waals surface area contributed by atoms with Gasteiger partial charge in [-0.25, -0.2) is 9.59 Å². The number of hydrogen-bond acceptors (Lipinski definition) is 4. The van der Waals surface area contributed by atoms with Crippen molar-refractivity contribution >= 4 is 12.1 Å². The van der Waals surface area contributed by atoms with E-state index in [-0.39, 0.29) is 25.2 Å². The van der Waals surface area contributed by atoms with Gasteiger partial charge in [0.05, 0.1) is 6.10 Å². The van der Waals surface area contributed by atoms with Crippen LogP contribution in [0.5, 0.6) is 0 Å². The van der Waals surface area contributed by atoms with Crippen LogP contribution in [0.2, 0.25) is 0 Å². The Labute approximate surface area is 157 Å². The highest BCUT2D eigenvalue weighted by molar-refractivity contribution is 5.79. The number of carboxylic acid groups (broad SMARTS) is 1. The summed E-state index contributed by atoms with van der Waals surface area (Å²) in [5.74, 6) is -0.944. The highest BCUT2D eigenvalue weighted by atomic mass is 16.6. The topological polar surface area (TPSA) is 84.9 Å². The number of carbonyl (C=O) groups is 2. The molecule has 0 spiro atoms. The molecule has 2 aromatic carbocycles. The van der Waals surface area contributed by atoms with Gasteiger partial charge in [-0.1, -0.05) is 48.5 Å². The molecule has 0 radical (unpaired) electrons. The summed E-state index contributed by atoms with van der Waals surface area (Å²) in [6.07, 6.45) is -0.502. The van der Waals surface area contributed by atoms with Crippen LogP contribution < -0.4 is 5.32 Å². The summed E-state index contributed by atoms with van der Waals surface area (Å²) in [6, 6.07) is 16.3. The van der Waals surface area contributed by atoms with Crippen molar-refractivity contribution in [2.75, 3.05) is 13.2 Å². The number of aliphatic carboxylic acids is 1. The monoisotopic (exact) mass is 367 g/mol. The molecule has 1 aliphatic carbocycles. The predicted octanol–water partition coefficient (Wildman–Crippen LogP) is 3.16. The van der Waals surface area contributed by atoms with Gasteiger partial charge in [0, 0.05) is 12.5 Å². The van der Waals surface area contributed by atoms with Crippen molar-refractivity contribution in [1.82, 2.24) is 5.32 Å². The maximum atomic E-state index is 12.1. The van der Waals surface area contributed by atoms with E-state index in [4.69, 9.17) is 14.6 Å². The molecule has 6 heteroatoms. The van der Waals surface area contributed by atoms with Crippen LogP contribution in [0.15, 0.2) is 48.5 Å². The van der Waals surface area contributed by atoms with E-state index in [0.717, 1.165) is 11.1 Å². The number of ether oxygens (including phenoxy) is 2. The second-order valence-electron chi connectivity index (χ2n) is 6.87. The first kappa shape index (κ1) is 17.5. The lowest BCUT2D eigenvalue weighted by atomic mass is 9.98. The Morgan fingerprint density at radius 3 is 2.26 bits per heavy atom. The molecule has 0 bridgehead atoms. The van der Waals surface area contributed by atoms with Crippen LogP contribution in [0.3, 0.4) is 0 Å². The van der Waals surface area contributed by atoms with Crippen LogP contribution >= 0.6 is 0 Å². The number of nitrogens with one attached hydrogen (secondary N) is 1. The fraction of sp³-hybridized carbons (Fsp3) is 0.333. The van der Waals surface area contributed by atoms with Gasteiger partial charge in [0.25, 0.3) is 0 Å². The van der Waals surface area contributed by atoms with Crippen molar-refractivity contribution in [3.05, 3.63) is 59.7 Å². The molecule has 4 rings (SSSR count). The van der Waals surface area contributed by atoms with E-state index in [2.05, 4.69) is 29.6 Å². The molecule has 0 saturated carbocycles. The number of carbonyl (C=O) groups excluding carboxylic acids is 1. The van der Waals surface area contributed by atoms with Crippen LogP contribution in [0.25, 0.3) is 11.1 Å². The second-order valence-corrected chi connectivity index (χ2v) is 6.87. The third kappa shape index (κ3) is 3.53. The zero-order valence-corrected chi connectivity index (χ0v) is 14.8. The van der Waals surface area contributed by atoms with Gasteiger partial charge in [0.1, 0.15) is 6.61 Å². The Morgan fingerprint density at radius 1 is 1.04 bits per heavy atom. The van der Waals surface area contributed by atoms with Gasteiger partial charge in [-0.15, -0.1) is 0 Å². The van der Waals surface area contributed by atoms with E-state index >= 15 is 0 Å². The average Bonchev–Trinajstić information content (AvgIpc) is 3.28. The highest BCUT2D eigenvalue weighted by Gasteiger charge is 2.31. The van der Waals surface area contributed by atoms with Gasteiger partial charge >= 0.3 is 12.1 Å². The molecule has 1 amide bonds. The Hall–Kier alpha value is -2.86. The second kappa shape index (κ2) is 7.40. The van der Waals surface area contributed by atoms with E-state index in [9.17, 15) is 9.59 Å². The molecule has 6 nitrogen and oxygen atoms in total. The fourth-order valence-corrected chi connectivity index (χ4v) is 3.88. The maximum Gasteiger partial charge on any atom is 0.407 e. The minimum atomic E-state index is -0.960. The number of benzene rings is 2. The van der Waals surface area contributed by atoms with Gasteiger partial charge in [-0.2, -0.15) is 0 Å². The first-order chi connectivity index (χ1) is 13.1. The SMILES string of the molecule is O=C(NC[C@@H]1CC[C@H](C(=O)O)O1)OCC1c2ccccc2-c2ccccc21. The van der Waals surface area contributed by atoms with E-state index in [1.165, 1.54) is 11.1 Å². The first-order valence-electron chi connectivity index (χ1n) is 9.10. The fourth-order valence-electron chi connectivity index (χ4n) is 3.88. The molecule has 2 aromatic rings. The molecule has 0 unspecified atom stereocenters. The molecule has 1 aliphatic heterocycles. The van der Waals surface area contributed by atoms with E-state index in [1.54, 1.807) is 0 Å². The summed E-state index contributed by atoms with van der Waals surface area (Å²) >= 11 is 0. The average molecular weight is 367 g/mol. The van der Waals surface area contributed by atoms with Crippen LogP contribution in [-0.2, 0) is 14.3 Å². The zero-order chi connectivity index (χ0) is 18.8. The van der Waals surface area contributed by atoms with Crippen molar-refractivity contribution in [2.24, 2.45) is 0 Å². The van der Waals surface area contributed by atoms with Gasteiger partial charge in [-0.3, -0.25) is 0 Å². The Morgan fingerprint density at radius 2 is 1.67 bits per heavy atom. The number of alkyl carbamates (subject to hydrolysis) is 1. The summed E-state index contributed by atoms with van der Waals surface area (Å²) in [5.41, 5.74) is 4.69. The van der Waals surface area contributed by atoms with Gasteiger partial charge in [0.2, 0.25) is 0 Å². The van der Waals surface area contributed by atoms with Crippen molar-refractivity contribution in [1.29, 1.82) is 0 Å². The van der Waals surface area contributed by atoms with E-state index < -0.39 is 18.2 Å².